The molecule has 126 valence electrons. The van der Waals surface area contributed by atoms with Crippen LogP contribution >= 0.6 is 0 Å². The molecule has 1 heterocycles. The molecule has 1 fully saturated rings. The average molecular weight is 331 g/mol. The van der Waals surface area contributed by atoms with E-state index in [1.807, 2.05) is 30.3 Å². The molecule has 2 aromatic carbocycles. The van der Waals surface area contributed by atoms with Crippen LogP contribution in [0.25, 0.3) is 11.1 Å². The van der Waals surface area contributed by atoms with E-state index in [1.165, 1.54) is 5.56 Å². The van der Waals surface area contributed by atoms with E-state index in [0.717, 1.165) is 37.2 Å². The first-order chi connectivity index (χ1) is 12.3. The summed E-state index contributed by atoms with van der Waals surface area (Å²) in [5, 5.41) is 20.1. The second kappa shape index (κ2) is 8.11. The first-order valence-electron chi connectivity index (χ1n) is 8.38. The molecule has 2 aromatic rings. The third-order valence-electron chi connectivity index (χ3n) is 4.42. The van der Waals surface area contributed by atoms with Crippen molar-refractivity contribution in [2.45, 2.75) is 6.42 Å². The summed E-state index contributed by atoms with van der Waals surface area (Å²) in [4.78, 5) is 1.80. The minimum atomic E-state index is 0.443. The molecule has 0 saturated carbocycles. The van der Waals surface area contributed by atoms with Gasteiger partial charge >= 0.3 is 0 Å². The van der Waals surface area contributed by atoms with Crippen LogP contribution in [0.1, 0.15) is 12.0 Å². The van der Waals surface area contributed by atoms with Crippen LogP contribution in [0.3, 0.4) is 0 Å². The summed E-state index contributed by atoms with van der Waals surface area (Å²) < 4.78 is 0. The molecule has 0 radical (unpaired) electrons. The highest BCUT2D eigenvalue weighted by molar-refractivity contribution is 5.99. The van der Waals surface area contributed by atoms with Gasteiger partial charge in [0.1, 0.15) is 0 Å². The SMILES string of the molecule is C=N/N=C(\NCC1CCN(C#N)C1)c1ccc(-c2ccccc2)cc1. The molecule has 0 aliphatic carbocycles. The zero-order valence-electron chi connectivity index (χ0n) is 14.1. The molecule has 1 aliphatic rings. The summed E-state index contributed by atoms with van der Waals surface area (Å²) in [6.07, 6.45) is 3.22. The molecule has 1 unspecified atom stereocenters. The number of benzene rings is 2. The number of hydrogen-bond donors (Lipinski definition) is 1. The van der Waals surface area contributed by atoms with E-state index in [0.29, 0.717) is 11.8 Å². The molecule has 3 rings (SSSR count). The summed E-state index contributed by atoms with van der Waals surface area (Å²) in [5.74, 6) is 1.16. The minimum Gasteiger partial charge on any atom is -0.368 e. The minimum absolute atomic E-state index is 0.443. The average Bonchev–Trinajstić information content (AvgIpc) is 3.14. The molecular weight excluding hydrogens is 310 g/mol. The first kappa shape index (κ1) is 16.7. The fourth-order valence-electron chi connectivity index (χ4n) is 3.05. The van der Waals surface area contributed by atoms with Gasteiger partial charge in [0.15, 0.2) is 12.0 Å². The summed E-state index contributed by atoms with van der Waals surface area (Å²) in [6, 6.07) is 18.5. The van der Waals surface area contributed by atoms with Crippen LogP contribution in [-0.4, -0.2) is 37.1 Å². The number of hydrogen-bond acceptors (Lipinski definition) is 4. The second-order valence-electron chi connectivity index (χ2n) is 6.12. The van der Waals surface area contributed by atoms with Crippen LogP contribution in [0.15, 0.2) is 64.8 Å². The van der Waals surface area contributed by atoms with Gasteiger partial charge in [-0.1, -0.05) is 54.6 Å². The van der Waals surface area contributed by atoms with Crippen LogP contribution < -0.4 is 5.32 Å². The molecule has 25 heavy (non-hydrogen) atoms. The van der Waals surface area contributed by atoms with Crippen molar-refractivity contribution < 1.29 is 0 Å². The maximum absolute atomic E-state index is 8.95. The van der Waals surface area contributed by atoms with Gasteiger partial charge in [0, 0.05) is 31.9 Å². The molecular formula is C20H21N5. The van der Waals surface area contributed by atoms with Gasteiger partial charge in [-0.15, -0.1) is 5.10 Å². The number of nitrogens with zero attached hydrogens (tertiary/aromatic N) is 4. The Bertz CT molecular complexity index is 774. The predicted molar refractivity (Wildman–Crippen MR) is 101 cm³/mol. The van der Waals surface area contributed by atoms with E-state index in [2.05, 4.69) is 52.7 Å². The Balaban J connectivity index is 1.68. The standard InChI is InChI=1S/C20H21N5/c1-22-24-20(23-13-16-11-12-25(14-16)15-21)19-9-7-18(8-10-19)17-5-3-2-4-6-17/h2-10,16H,1,11-14H2,(H,23,24). The van der Waals surface area contributed by atoms with E-state index in [9.17, 15) is 0 Å². The topological polar surface area (TPSA) is 63.8 Å². The Hall–Kier alpha value is -3.13. The monoisotopic (exact) mass is 331 g/mol. The summed E-state index contributed by atoms with van der Waals surface area (Å²) >= 11 is 0. The van der Waals surface area contributed by atoms with Crippen LogP contribution in [0.5, 0.6) is 0 Å². The number of likely N-dealkylation sites (tertiary alicyclic amines) is 1. The number of nitrogens with one attached hydrogen (secondary N) is 1. The van der Waals surface area contributed by atoms with Crippen molar-refractivity contribution in [3.63, 3.8) is 0 Å². The van der Waals surface area contributed by atoms with Gasteiger partial charge in [0.05, 0.1) is 0 Å². The Morgan fingerprint density at radius 2 is 1.88 bits per heavy atom. The lowest BCUT2D eigenvalue weighted by Gasteiger charge is -2.14. The predicted octanol–water partition coefficient (Wildman–Crippen LogP) is 3.11. The van der Waals surface area contributed by atoms with Crippen molar-refractivity contribution in [1.29, 1.82) is 5.26 Å². The zero-order chi connectivity index (χ0) is 17.5. The molecule has 0 spiro atoms. The number of rotatable bonds is 5. The third kappa shape index (κ3) is 4.24. The molecule has 5 heteroatoms. The largest absolute Gasteiger partial charge is 0.368 e. The highest BCUT2D eigenvalue weighted by atomic mass is 15.2. The maximum Gasteiger partial charge on any atom is 0.179 e. The quantitative estimate of drug-likeness (QED) is 0.396. The van der Waals surface area contributed by atoms with Crippen molar-refractivity contribution in [2.24, 2.45) is 16.1 Å². The zero-order valence-corrected chi connectivity index (χ0v) is 14.1. The van der Waals surface area contributed by atoms with Crippen molar-refractivity contribution in [2.75, 3.05) is 19.6 Å². The first-order valence-corrected chi connectivity index (χ1v) is 8.38. The van der Waals surface area contributed by atoms with E-state index >= 15 is 0 Å². The normalized spacial score (nSPS) is 17.2. The van der Waals surface area contributed by atoms with E-state index in [4.69, 9.17) is 5.26 Å². The second-order valence-corrected chi connectivity index (χ2v) is 6.12. The van der Waals surface area contributed by atoms with Crippen molar-refractivity contribution >= 4 is 12.6 Å². The van der Waals surface area contributed by atoms with Gasteiger partial charge < -0.3 is 10.2 Å². The lowest BCUT2D eigenvalue weighted by atomic mass is 10.0. The van der Waals surface area contributed by atoms with Gasteiger partial charge in [-0.25, -0.2) is 0 Å². The summed E-state index contributed by atoms with van der Waals surface area (Å²) in [7, 11) is 0. The highest BCUT2D eigenvalue weighted by Crippen LogP contribution is 2.19. The molecule has 1 atom stereocenters. The fraction of sp³-hybridized carbons (Fsp3) is 0.250. The fourth-order valence-corrected chi connectivity index (χ4v) is 3.05. The highest BCUT2D eigenvalue weighted by Gasteiger charge is 2.21. The smallest absolute Gasteiger partial charge is 0.179 e. The molecule has 0 bridgehead atoms. The van der Waals surface area contributed by atoms with E-state index in [-0.39, 0.29) is 0 Å². The van der Waals surface area contributed by atoms with E-state index in [1.54, 1.807) is 4.90 Å². The number of nitriles is 1. The van der Waals surface area contributed by atoms with Crippen LogP contribution in [0, 0.1) is 17.4 Å². The molecule has 0 amide bonds. The Morgan fingerprint density at radius 1 is 1.16 bits per heavy atom. The lowest BCUT2D eigenvalue weighted by molar-refractivity contribution is 0.452. The van der Waals surface area contributed by atoms with Crippen LogP contribution in [0.4, 0.5) is 0 Å². The van der Waals surface area contributed by atoms with Crippen molar-refractivity contribution in [3.8, 4) is 17.3 Å². The Morgan fingerprint density at radius 3 is 2.52 bits per heavy atom. The Labute approximate surface area is 148 Å². The van der Waals surface area contributed by atoms with Gasteiger partial charge in [-0.2, -0.15) is 10.4 Å². The molecule has 1 saturated heterocycles. The summed E-state index contributed by atoms with van der Waals surface area (Å²) in [5.41, 5.74) is 3.32. The number of amidine groups is 1. The third-order valence-corrected chi connectivity index (χ3v) is 4.42. The van der Waals surface area contributed by atoms with Gasteiger partial charge in [0.2, 0.25) is 0 Å². The van der Waals surface area contributed by atoms with Crippen LogP contribution in [0.2, 0.25) is 0 Å². The van der Waals surface area contributed by atoms with E-state index < -0.39 is 0 Å². The van der Waals surface area contributed by atoms with Crippen LogP contribution in [-0.2, 0) is 0 Å². The maximum atomic E-state index is 8.95. The van der Waals surface area contributed by atoms with Crippen molar-refractivity contribution in [3.05, 3.63) is 60.2 Å². The summed E-state index contributed by atoms with van der Waals surface area (Å²) in [6.45, 7) is 5.87. The van der Waals surface area contributed by atoms with Crippen molar-refractivity contribution in [1.82, 2.24) is 10.2 Å². The Kier molecular flexibility index (Phi) is 5.43. The molecule has 1 aliphatic heterocycles. The van der Waals surface area contributed by atoms with Gasteiger partial charge in [-0.05, 0) is 23.5 Å². The van der Waals surface area contributed by atoms with Gasteiger partial charge in [0.25, 0.3) is 0 Å². The molecule has 0 aromatic heterocycles. The lowest BCUT2D eigenvalue weighted by Crippen LogP contribution is -2.31. The molecule has 1 N–H and O–H groups in total. The van der Waals surface area contributed by atoms with Gasteiger partial charge in [-0.3, -0.25) is 0 Å². The molecule has 5 nitrogen and oxygen atoms in total.